The Kier molecular flexibility index (Phi) is 4.06. The number of nitro groups is 1. The number of hydrogen-bond acceptors (Lipinski definition) is 5. The fourth-order valence-corrected chi connectivity index (χ4v) is 1.86. The molecule has 0 aliphatic heterocycles. The first-order valence-corrected chi connectivity index (χ1v) is 6.27. The van der Waals surface area contributed by atoms with Crippen LogP contribution in [0, 0.1) is 16.0 Å². The largest absolute Gasteiger partial charge is 0.487 e. The fraction of sp³-hybridized carbons (Fsp3) is 0.385. The zero-order valence-corrected chi connectivity index (χ0v) is 10.9. The van der Waals surface area contributed by atoms with Crippen LogP contribution in [0.2, 0.25) is 0 Å². The molecule has 1 aromatic carbocycles. The van der Waals surface area contributed by atoms with E-state index in [0.717, 1.165) is 31.0 Å². The van der Waals surface area contributed by atoms with Gasteiger partial charge in [-0.3, -0.25) is 19.7 Å². The minimum atomic E-state index is -1.78. The van der Waals surface area contributed by atoms with Crippen molar-refractivity contribution in [3.8, 4) is 5.75 Å². The third-order valence-corrected chi connectivity index (χ3v) is 3.18. The number of ether oxygens (including phenoxy) is 1. The van der Waals surface area contributed by atoms with Gasteiger partial charge in [-0.2, -0.15) is 0 Å². The number of rotatable bonds is 7. The minimum absolute atomic E-state index is 0.0635. The van der Waals surface area contributed by atoms with E-state index in [1.807, 2.05) is 0 Å². The van der Waals surface area contributed by atoms with Crippen molar-refractivity contribution in [2.24, 2.45) is 5.92 Å². The highest BCUT2D eigenvalue weighted by atomic mass is 16.6. The second-order valence-electron chi connectivity index (χ2n) is 4.85. The summed E-state index contributed by atoms with van der Waals surface area (Å²) in [6.45, 7) is 0.301. The first-order chi connectivity index (χ1) is 9.90. The number of nitro benzene ring substituents is 1. The van der Waals surface area contributed by atoms with Crippen LogP contribution in [0.25, 0.3) is 0 Å². The van der Waals surface area contributed by atoms with E-state index < -0.39 is 22.8 Å². The zero-order chi connectivity index (χ0) is 15.6. The van der Waals surface area contributed by atoms with Crippen molar-refractivity contribution in [1.29, 1.82) is 0 Å². The summed E-state index contributed by atoms with van der Waals surface area (Å²) in [7, 11) is 0. The van der Waals surface area contributed by atoms with Gasteiger partial charge in [0.05, 0.1) is 11.5 Å². The predicted molar refractivity (Wildman–Crippen MR) is 69.3 cm³/mol. The summed E-state index contributed by atoms with van der Waals surface area (Å²) in [6.07, 6.45) is 1.97. The van der Waals surface area contributed by atoms with Crippen molar-refractivity contribution in [2.75, 3.05) is 6.61 Å². The van der Waals surface area contributed by atoms with Crippen LogP contribution in [0.1, 0.15) is 24.3 Å². The van der Waals surface area contributed by atoms with Gasteiger partial charge < -0.3 is 14.9 Å². The first-order valence-electron chi connectivity index (χ1n) is 6.27. The van der Waals surface area contributed by atoms with Crippen molar-refractivity contribution in [3.05, 3.63) is 33.9 Å². The minimum Gasteiger partial charge on any atom is -0.487 e. The average Bonchev–Trinajstić information content (AvgIpc) is 3.19. The molecule has 21 heavy (non-hydrogen) atoms. The average molecular weight is 295 g/mol. The van der Waals surface area contributed by atoms with Crippen LogP contribution < -0.4 is 4.74 Å². The Morgan fingerprint density at radius 3 is 2.43 bits per heavy atom. The van der Waals surface area contributed by atoms with E-state index in [4.69, 9.17) is 14.9 Å². The van der Waals surface area contributed by atoms with E-state index in [1.54, 1.807) is 0 Å². The molecule has 8 nitrogen and oxygen atoms in total. The molecule has 0 atom stereocenters. The van der Waals surface area contributed by atoms with Gasteiger partial charge in [0.15, 0.2) is 11.7 Å². The molecule has 1 fully saturated rings. The van der Waals surface area contributed by atoms with Gasteiger partial charge in [-0.25, -0.2) is 0 Å². The van der Waals surface area contributed by atoms with Crippen molar-refractivity contribution in [3.63, 3.8) is 0 Å². The highest BCUT2D eigenvalue weighted by Gasteiger charge is 2.30. The maximum Gasteiger partial charge on any atom is 0.322 e. The smallest absolute Gasteiger partial charge is 0.322 e. The molecule has 1 saturated carbocycles. The lowest BCUT2D eigenvalue weighted by Crippen LogP contribution is -2.21. The molecule has 0 amide bonds. The van der Waals surface area contributed by atoms with Gasteiger partial charge >= 0.3 is 17.6 Å². The molecule has 0 spiro atoms. The molecule has 0 saturated heterocycles. The zero-order valence-electron chi connectivity index (χ0n) is 10.9. The standard InChI is InChI=1S/C13H13NO7/c15-12(16)11(13(17)18)8-3-4-9(14(19)20)10(5-8)21-6-7-1-2-7/h3-5,7,11H,1-2,6H2,(H,15,16)(H,17,18). The number of carboxylic acids is 2. The quantitative estimate of drug-likeness (QED) is 0.444. The molecule has 1 aliphatic rings. The molecule has 2 N–H and O–H groups in total. The highest BCUT2D eigenvalue weighted by molar-refractivity contribution is 5.99. The van der Waals surface area contributed by atoms with Crippen molar-refractivity contribution in [1.82, 2.24) is 0 Å². The Morgan fingerprint density at radius 2 is 1.95 bits per heavy atom. The lowest BCUT2D eigenvalue weighted by atomic mass is 9.99. The van der Waals surface area contributed by atoms with Gasteiger partial charge in [0.2, 0.25) is 0 Å². The Balaban J connectivity index is 2.34. The molecular formula is C13H13NO7. The van der Waals surface area contributed by atoms with Crippen molar-refractivity contribution >= 4 is 17.6 Å². The maximum atomic E-state index is 11.0. The third kappa shape index (κ3) is 3.47. The molecule has 0 bridgehead atoms. The lowest BCUT2D eigenvalue weighted by Gasteiger charge is -2.11. The summed E-state index contributed by atoms with van der Waals surface area (Å²) in [5.74, 6) is -4.61. The SMILES string of the molecule is O=C(O)C(C(=O)O)c1ccc([N+](=O)[O-])c(OCC2CC2)c1. The Labute approximate surface area is 119 Å². The lowest BCUT2D eigenvalue weighted by molar-refractivity contribution is -0.385. The number of benzene rings is 1. The summed E-state index contributed by atoms with van der Waals surface area (Å²) in [6, 6.07) is 3.30. The van der Waals surface area contributed by atoms with Gasteiger partial charge in [0.1, 0.15) is 0 Å². The Hall–Kier alpha value is -2.64. The third-order valence-electron chi connectivity index (χ3n) is 3.18. The van der Waals surface area contributed by atoms with Crippen LogP contribution in [0.3, 0.4) is 0 Å². The van der Waals surface area contributed by atoms with E-state index in [0.29, 0.717) is 12.5 Å². The van der Waals surface area contributed by atoms with Crippen LogP contribution in [-0.4, -0.2) is 33.7 Å². The molecule has 2 rings (SSSR count). The van der Waals surface area contributed by atoms with Crippen molar-refractivity contribution < 1.29 is 29.5 Å². The van der Waals surface area contributed by atoms with E-state index in [9.17, 15) is 19.7 Å². The summed E-state index contributed by atoms with van der Waals surface area (Å²) in [5.41, 5.74) is -0.375. The summed E-state index contributed by atoms with van der Waals surface area (Å²) < 4.78 is 5.35. The normalized spacial score (nSPS) is 14.0. The van der Waals surface area contributed by atoms with Gasteiger partial charge in [-0.1, -0.05) is 6.07 Å². The Morgan fingerprint density at radius 1 is 1.33 bits per heavy atom. The molecule has 0 heterocycles. The van der Waals surface area contributed by atoms with Crippen LogP contribution in [-0.2, 0) is 9.59 Å². The van der Waals surface area contributed by atoms with E-state index in [-0.39, 0.29) is 17.0 Å². The van der Waals surface area contributed by atoms with E-state index in [2.05, 4.69) is 0 Å². The van der Waals surface area contributed by atoms with E-state index in [1.165, 1.54) is 0 Å². The number of carboxylic acid groups (broad SMARTS) is 2. The molecule has 0 radical (unpaired) electrons. The fourth-order valence-electron chi connectivity index (χ4n) is 1.86. The summed E-state index contributed by atoms with van der Waals surface area (Å²) >= 11 is 0. The number of nitrogens with zero attached hydrogens (tertiary/aromatic N) is 1. The molecule has 0 unspecified atom stereocenters. The number of hydrogen-bond donors (Lipinski definition) is 2. The van der Waals surface area contributed by atoms with Crippen LogP contribution >= 0.6 is 0 Å². The van der Waals surface area contributed by atoms with E-state index >= 15 is 0 Å². The molecular weight excluding hydrogens is 282 g/mol. The van der Waals surface area contributed by atoms with Gasteiger partial charge in [0, 0.05) is 6.07 Å². The van der Waals surface area contributed by atoms with Gasteiger partial charge in [0.25, 0.3) is 0 Å². The van der Waals surface area contributed by atoms with Crippen LogP contribution in [0.5, 0.6) is 5.75 Å². The van der Waals surface area contributed by atoms with Crippen LogP contribution in [0.15, 0.2) is 18.2 Å². The van der Waals surface area contributed by atoms with Gasteiger partial charge in [-0.15, -0.1) is 0 Å². The topological polar surface area (TPSA) is 127 Å². The highest BCUT2D eigenvalue weighted by Crippen LogP contribution is 2.34. The molecule has 1 aromatic rings. The van der Waals surface area contributed by atoms with Crippen molar-refractivity contribution in [2.45, 2.75) is 18.8 Å². The summed E-state index contributed by atoms with van der Waals surface area (Å²) in [5, 5.41) is 28.8. The second kappa shape index (κ2) is 5.78. The number of carbonyl (C=O) groups is 2. The molecule has 112 valence electrons. The molecule has 0 aromatic heterocycles. The first kappa shape index (κ1) is 14.8. The molecule has 1 aliphatic carbocycles. The molecule has 8 heteroatoms. The maximum absolute atomic E-state index is 11.0. The summed E-state index contributed by atoms with van der Waals surface area (Å²) in [4.78, 5) is 32.3. The second-order valence-corrected chi connectivity index (χ2v) is 4.85. The predicted octanol–water partition coefficient (Wildman–Crippen LogP) is 1.64. The Bertz CT molecular complexity index is 580. The number of aliphatic carboxylic acids is 2. The van der Waals surface area contributed by atoms with Crippen LogP contribution in [0.4, 0.5) is 5.69 Å². The monoisotopic (exact) mass is 295 g/mol. The van der Waals surface area contributed by atoms with Gasteiger partial charge in [-0.05, 0) is 30.4 Å².